The smallest absolute Gasteiger partial charge is 0.0925 e. The molecule has 0 spiro atoms. The maximum absolute atomic E-state index is 5.83. The largest absolute Gasteiger partial charge is 0.272 e. The van der Waals surface area contributed by atoms with Crippen LogP contribution in [-0.2, 0) is 7.05 Å². The van der Waals surface area contributed by atoms with Gasteiger partial charge in [0.1, 0.15) is 0 Å². The lowest BCUT2D eigenvalue weighted by atomic mass is 10.0. The fourth-order valence-electron chi connectivity index (χ4n) is 2.54. The molecule has 110 valence electrons. The molecule has 2 aromatic rings. The zero-order valence-electron chi connectivity index (χ0n) is 12.5. The third-order valence-corrected chi connectivity index (χ3v) is 4.18. The van der Waals surface area contributed by atoms with Crippen molar-refractivity contribution in [3.05, 3.63) is 33.3 Å². The molecular weight excluding hydrogens is 320 g/mol. The van der Waals surface area contributed by atoms with Crippen molar-refractivity contribution in [2.24, 2.45) is 12.9 Å². The van der Waals surface area contributed by atoms with Crippen molar-refractivity contribution in [1.29, 1.82) is 0 Å². The first-order chi connectivity index (χ1) is 9.38. The normalized spacial score (nSPS) is 13.2. The van der Waals surface area contributed by atoms with Crippen molar-refractivity contribution in [3.63, 3.8) is 0 Å². The second-order valence-corrected chi connectivity index (χ2v) is 6.08. The number of nitrogens with zero attached hydrogens (tertiary/aromatic N) is 4. The molecule has 2 heterocycles. The lowest BCUT2D eigenvalue weighted by Crippen LogP contribution is -2.32. The topological polar surface area (TPSA) is 73.7 Å². The lowest BCUT2D eigenvalue weighted by molar-refractivity contribution is 0.474. The first kappa shape index (κ1) is 15.2. The van der Waals surface area contributed by atoms with Gasteiger partial charge in [-0.2, -0.15) is 10.2 Å². The molecule has 0 aliphatic carbocycles. The number of hydrogen-bond acceptors (Lipinski definition) is 4. The molecule has 0 saturated heterocycles. The van der Waals surface area contributed by atoms with E-state index in [0.717, 1.165) is 27.1 Å². The Bertz CT molecular complexity index is 613. The van der Waals surface area contributed by atoms with Crippen LogP contribution in [0, 0.1) is 13.8 Å². The molecule has 0 amide bonds. The predicted molar refractivity (Wildman–Crippen MR) is 82.2 cm³/mol. The SMILES string of the molecule is Cc1nn(C)c(C)c1C(NN)c1c(Br)cnn1C(C)C. The maximum Gasteiger partial charge on any atom is 0.0925 e. The van der Waals surface area contributed by atoms with E-state index < -0.39 is 0 Å². The van der Waals surface area contributed by atoms with Crippen LogP contribution < -0.4 is 11.3 Å². The van der Waals surface area contributed by atoms with Gasteiger partial charge < -0.3 is 0 Å². The van der Waals surface area contributed by atoms with Crippen LogP contribution >= 0.6 is 15.9 Å². The summed E-state index contributed by atoms with van der Waals surface area (Å²) >= 11 is 3.57. The second-order valence-electron chi connectivity index (χ2n) is 5.22. The van der Waals surface area contributed by atoms with Crippen molar-refractivity contribution in [3.8, 4) is 0 Å². The van der Waals surface area contributed by atoms with E-state index in [0.29, 0.717) is 0 Å². The molecule has 1 unspecified atom stereocenters. The fraction of sp³-hybridized carbons (Fsp3) is 0.538. The highest BCUT2D eigenvalue weighted by atomic mass is 79.9. The molecule has 0 aliphatic rings. The molecule has 0 saturated carbocycles. The Kier molecular flexibility index (Phi) is 4.31. The van der Waals surface area contributed by atoms with Gasteiger partial charge in [-0.05, 0) is 43.6 Å². The predicted octanol–water partition coefficient (Wildman–Crippen LogP) is 2.13. The Labute approximate surface area is 127 Å². The summed E-state index contributed by atoms with van der Waals surface area (Å²) in [4.78, 5) is 0. The quantitative estimate of drug-likeness (QED) is 0.660. The molecular formula is C13H21BrN6. The highest BCUT2D eigenvalue weighted by Crippen LogP contribution is 2.32. The number of nitrogens with two attached hydrogens (primary N) is 1. The van der Waals surface area contributed by atoms with Crippen molar-refractivity contribution >= 4 is 15.9 Å². The fourth-order valence-corrected chi connectivity index (χ4v) is 3.04. The zero-order valence-corrected chi connectivity index (χ0v) is 14.1. The summed E-state index contributed by atoms with van der Waals surface area (Å²) in [5, 5.41) is 8.89. The monoisotopic (exact) mass is 340 g/mol. The molecule has 2 aromatic heterocycles. The molecule has 0 bridgehead atoms. The Balaban J connectivity index is 2.61. The van der Waals surface area contributed by atoms with Crippen molar-refractivity contribution in [1.82, 2.24) is 25.0 Å². The minimum atomic E-state index is -0.150. The molecule has 7 heteroatoms. The van der Waals surface area contributed by atoms with Crippen LogP contribution in [0.5, 0.6) is 0 Å². The summed E-state index contributed by atoms with van der Waals surface area (Å²) in [6.45, 7) is 8.24. The average Bonchev–Trinajstić information content (AvgIpc) is 2.86. The van der Waals surface area contributed by atoms with Gasteiger partial charge in [0.2, 0.25) is 0 Å². The minimum absolute atomic E-state index is 0.150. The van der Waals surface area contributed by atoms with Gasteiger partial charge in [-0.15, -0.1) is 0 Å². The van der Waals surface area contributed by atoms with Crippen LogP contribution in [-0.4, -0.2) is 19.6 Å². The number of hydrogen-bond donors (Lipinski definition) is 2. The Morgan fingerprint density at radius 2 is 2.00 bits per heavy atom. The number of hydrazine groups is 1. The van der Waals surface area contributed by atoms with E-state index in [-0.39, 0.29) is 12.1 Å². The summed E-state index contributed by atoms with van der Waals surface area (Å²) in [6, 6.07) is 0.104. The molecule has 20 heavy (non-hydrogen) atoms. The maximum atomic E-state index is 5.83. The zero-order chi connectivity index (χ0) is 15.0. The summed E-state index contributed by atoms with van der Waals surface area (Å²) in [6.07, 6.45) is 1.81. The van der Waals surface area contributed by atoms with Gasteiger partial charge in [-0.3, -0.25) is 15.2 Å². The van der Waals surface area contributed by atoms with Gasteiger partial charge in [0.15, 0.2) is 0 Å². The van der Waals surface area contributed by atoms with E-state index in [4.69, 9.17) is 5.84 Å². The number of halogens is 1. The van der Waals surface area contributed by atoms with Gasteiger partial charge in [-0.1, -0.05) is 0 Å². The number of aromatic nitrogens is 4. The highest BCUT2D eigenvalue weighted by Gasteiger charge is 2.27. The molecule has 0 radical (unpaired) electrons. The van der Waals surface area contributed by atoms with Crippen molar-refractivity contribution in [2.45, 2.75) is 39.8 Å². The van der Waals surface area contributed by atoms with Crippen LogP contribution in [0.1, 0.15) is 48.6 Å². The molecule has 1 atom stereocenters. The third-order valence-electron chi connectivity index (χ3n) is 3.57. The van der Waals surface area contributed by atoms with Gasteiger partial charge in [0.25, 0.3) is 0 Å². The average molecular weight is 341 g/mol. The van der Waals surface area contributed by atoms with Crippen LogP contribution in [0.3, 0.4) is 0 Å². The summed E-state index contributed by atoms with van der Waals surface area (Å²) in [7, 11) is 1.94. The lowest BCUT2D eigenvalue weighted by Gasteiger charge is -2.21. The second kappa shape index (κ2) is 5.67. The van der Waals surface area contributed by atoms with Crippen molar-refractivity contribution < 1.29 is 0 Å². The van der Waals surface area contributed by atoms with Gasteiger partial charge in [0.05, 0.1) is 28.1 Å². The van der Waals surface area contributed by atoms with Crippen molar-refractivity contribution in [2.75, 3.05) is 0 Å². The number of aryl methyl sites for hydroxylation is 2. The summed E-state index contributed by atoms with van der Waals surface area (Å²) in [5.41, 5.74) is 7.08. The summed E-state index contributed by atoms with van der Waals surface area (Å²) in [5.74, 6) is 5.83. The van der Waals surface area contributed by atoms with Crippen LogP contribution in [0.4, 0.5) is 0 Å². The van der Waals surface area contributed by atoms with E-state index in [2.05, 4.69) is 45.4 Å². The van der Waals surface area contributed by atoms with E-state index in [1.54, 1.807) is 6.20 Å². The molecule has 6 nitrogen and oxygen atoms in total. The summed E-state index contributed by atoms with van der Waals surface area (Å²) < 4.78 is 4.79. The van der Waals surface area contributed by atoms with Gasteiger partial charge in [0, 0.05) is 24.3 Å². The molecule has 3 N–H and O–H groups in total. The number of nitrogens with one attached hydrogen (secondary N) is 1. The van der Waals surface area contributed by atoms with E-state index >= 15 is 0 Å². The number of rotatable bonds is 4. The molecule has 0 aliphatic heterocycles. The Morgan fingerprint density at radius 1 is 1.35 bits per heavy atom. The van der Waals surface area contributed by atoms with Crippen LogP contribution in [0.2, 0.25) is 0 Å². The Morgan fingerprint density at radius 3 is 2.45 bits per heavy atom. The van der Waals surface area contributed by atoms with Gasteiger partial charge in [-0.25, -0.2) is 5.43 Å². The first-order valence-electron chi connectivity index (χ1n) is 6.57. The van der Waals surface area contributed by atoms with Gasteiger partial charge >= 0.3 is 0 Å². The standard InChI is InChI=1S/C13H21BrN6/c1-7(2)20-13(10(14)6-16-20)12(17-15)11-8(3)18-19(5)9(11)4/h6-7,12,17H,15H2,1-5H3. The third kappa shape index (κ3) is 2.41. The molecule has 0 aromatic carbocycles. The van der Waals surface area contributed by atoms with Crippen LogP contribution in [0.15, 0.2) is 10.7 Å². The van der Waals surface area contributed by atoms with E-state index in [9.17, 15) is 0 Å². The molecule has 2 rings (SSSR count). The minimum Gasteiger partial charge on any atom is -0.272 e. The Hall–Kier alpha value is -1.18. The first-order valence-corrected chi connectivity index (χ1v) is 7.36. The highest BCUT2D eigenvalue weighted by molar-refractivity contribution is 9.10. The van der Waals surface area contributed by atoms with E-state index in [1.165, 1.54) is 0 Å². The van der Waals surface area contributed by atoms with Crippen LogP contribution in [0.25, 0.3) is 0 Å². The van der Waals surface area contributed by atoms with E-state index in [1.807, 2.05) is 30.3 Å². The molecule has 0 fully saturated rings.